The molecule has 3 aromatic rings. The molecule has 0 bridgehead atoms. The fourth-order valence-electron chi connectivity index (χ4n) is 2.50. The Labute approximate surface area is 148 Å². The minimum atomic E-state index is -0.427. The summed E-state index contributed by atoms with van der Waals surface area (Å²) >= 11 is 6.12. The van der Waals surface area contributed by atoms with Crippen molar-refractivity contribution in [1.82, 2.24) is 19.5 Å². The van der Waals surface area contributed by atoms with Crippen molar-refractivity contribution in [1.29, 1.82) is 0 Å². The summed E-state index contributed by atoms with van der Waals surface area (Å²) in [6, 6.07) is 3.21. The summed E-state index contributed by atoms with van der Waals surface area (Å²) in [6.07, 6.45) is 2.28. The number of aromatic nitrogens is 4. The average Bonchev–Trinajstić information content (AvgIpc) is 2.90. The van der Waals surface area contributed by atoms with Crippen LogP contribution in [0.1, 0.15) is 17.5 Å². The summed E-state index contributed by atoms with van der Waals surface area (Å²) in [6.45, 7) is 2.80. The van der Waals surface area contributed by atoms with E-state index in [1.165, 1.54) is 10.8 Å². The molecule has 0 amide bonds. The molecule has 3 rings (SSSR count). The van der Waals surface area contributed by atoms with Crippen LogP contribution in [0.5, 0.6) is 0 Å². The quantitative estimate of drug-likeness (QED) is 0.581. The number of hydrogen-bond acceptors (Lipinski definition) is 5. The van der Waals surface area contributed by atoms with Crippen molar-refractivity contribution in [2.45, 2.75) is 19.9 Å². The second-order valence-corrected chi connectivity index (χ2v) is 6.08. The predicted octanol–water partition coefficient (Wildman–Crippen LogP) is 2.03. The summed E-state index contributed by atoms with van der Waals surface area (Å²) < 4.78 is 15.7. The largest absolute Gasteiger partial charge is 0.354 e. The van der Waals surface area contributed by atoms with Crippen LogP contribution >= 0.6 is 11.6 Å². The first kappa shape index (κ1) is 17.4. The molecule has 0 saturated carbocycles. The molecular formula is C16H18ClFN6O. The molecule has 2 heterocycles. The van der Waals surface area contributed by atoms with Crippen molar-refractivity contribution in [2.24, 2.45) is 5.73 Å². The highest BCUT2D eigenvalue weighted by molar-refractivity contribution is 6.31. The highest BCUT2D eigenvalue weighted by Gasteiger charge is 2.16. The molecule has 25 heavy (non-hydrogen) atoms. The van der Waals surface area contributed by atoms with E-state index >= 15 is 0 Å². The second kappa shape index (κ2) is 7.20. The van der Waals surface area contributed by atoms with Gasteiger partial charge >= 0.3 is 5.69 Å². The lowest BCUT2D eigenvalue weighted by Gasteiger charge is -2.09. The molecule has 7 nitrogen and oxygen atoms in total. The first-order valence-electron chi connectivity index (χ1n) is 7.84. The fraction of sp³-hybridized carbons (Fsp3) is 0.312. The maximum absolute atomic E-state index is 14.4. The van der Waals surface area contributed by atoms with Gasteiger partial charge in [-0.25, -0.2) is 14.2 Å². The van der Waals surface area contributed by atoms with Gasteiger partial charge < -0.3 is 16.0 Å². The van der Waals surface area contributed by atoms with Crippen molar-refractivity contribution >= 4 is 28.7 Å². The molecule has 0 radical (unpaired) electrons. The number of imidazole rings is 1. The molecule has 0 atom stereocenters. The molecule has 0 spiro atoms. The smallest absolute Gasteiger partial charge is 0.328 e. The molecule has 132 valence electrons. The number of nitrogens with zero attached hydrogens (tertiary/aromatic N) is 3. The van der Waals surface area contributed by atoms with E-state index in [4.69, 9.17) is 17.3 Å². The molecule has 9 heteroatoms. The third-order valence-corrected chi connectivity index (χ3v) is 4.22. The minimum absolute atomic E-state index is 0.0234. The van der Waals surface area contributed by atoms with Crippen LogP contribution in [0.15, 0.2) is 23.1 Å². The Morgan fingerprint density at radius 1 is 1.44 bits per heavy atom. The number of fused-ring (bicyclic) bond motifs is 1. The first-order valence-corrected chi connectivity index (χ1v) is 8.22. The Bertz CT molecular complexity index is 967. The van der Waals surface area contributed by atoms with Crippen LogP contribution in [0.3, 0.4) is 0 Å². The molecule has 4 N–H and O–H groups in total. The monoisotopic (exact) mass is 364 g/mol. The van der Waals surface area contributed by atoms with E-state index in [9.17, 15) is 9.18 Å². The molecule has 0 unspecified atom stereocenters. The van der Waals surface area contributed by atoms with Gasteiger partial charge in [-0.2, -0.15) is 4.98 Å². The van der Waals surface area contributed by atoms with Gasteiger partial charge in [0.25, 0.3) is 0 Å². The van der Waals surface area contributed by atoms with Crippen LogP contribution in [-0.2, 0) is 6.54 Å². The number of anilines is 1. The van der Waals surface area contributed by atoms with Gasteiger partial charge in [0.15, 0.2) is 5.65 Å². The Kier molecular flexibility index (Phi) is 5.00. The number of benzene rings is 1. The maximum Gasteiger partial charge on any atom is 0.328 e. The highest BCUT2D eigenvalue weighted by Crippen LogP contribution is 2.23. The Morgan fingerprint density at radius 3 is 3.00 bits per heavy atom. The zero-order valence-electron chi connectivity index (χ0n) is 13.6. The van der Waals surface area contributed by atoms with Crippen molar-refractivity contribution in [3.8, 4) is 0 Å². The van der Waals surface area contributed by atoms with Crippen LogP contribution in [0.2, 0.25) is 5.02 Å². The van der Waals surface area contributed by atoms with Crippen LogP contribution in [0, 0.1) is 12.7 Å². The predicted molar refractivity (Wildman–Crippen MR) is 95.6 cm³/mol. The van der Waals surface area contributed by atoms with Gasteiger partial charge in [0.05, 0.1) is 12.7 Å². The molecule has 0 saturated heterocycles. The average molecular weight is 365 g/mol. The maximum atomic E-state index is 14.4. The summed E-state index contributed by atoms with van der Waals surface area (Å²) in [5, 5.41) is 3.30. The Morgan fingerprint density at radius 2 is 2.24 bits per heavy atom. The van der Waals surface area contributed by atoms with Crippen molar-refractivity contribution in [3.05, 3.63) is 50.8 Å². The number of aryl methyl sites for hydroxylation is 1. The van der Waals surface area contributed by atoms with E-state index in [0.29, 0.717) is 35.8 Å². The fourth-order valence-corrected chi connectivity index (χ4v) is 2.70. The van der Waals surface area contributed by atoms with Crippen molar-refractivity contribution in [3.63, 3.8) is 0 Å². The SMILES string of the molecule is Cc1ccc(Cl)c(Cn2c(=O)[nH]c3cnc(NCCCN)nc32)c1F. The van der Waals surface area contributed by atoms with Crippen LogP contribution in [0.4, 0.5) is 10.3 Å². The summed E-state index contributed by atoms with van der Waals surface area (Å²) in [5.41, 5.74) is 6.62. The molecule has 2 aromatic heterocycles. The Hall–Kier alpha value is -2.45. The van der Waals surface area contributed by atoms with Gasteiger partial charge in [0, 0.05) is 17.1 Å². The standard InChI is InChI=1S/C16H18ClFN6O/c1-9-3-4-11(17)10(13(9)18)8-24-14-12(22-16(24)25)7-21-15(23-14)20-6-2-5-19/h3-4,7H,2,5-6,8,19H2,1H3,(H,22,25)(H,20,21,23). The van der Waals surface area contributed by atoms with Crippen LogP contribution in [0.25, 0.3) is 11.2 Å². The highest BCUT2D eigenvalue weighted by atomic mass is 35.5. The third kappa shape index (κ3) is 3.49. The lowest BCUT2D eigenvalue weighted by molar-refractivity contribution is 0.590. The second-order valence-electron chi connectivity index (χ2n) is 5.67. The number of nitrogens with two attached hydrogens (primary N) is 1. The minimum Gasteiger partial charge on any atom is -0.354 e. The van der Waals surface area contributed by atoms with E-state index in [1.807, 2.05) is 0 Å². The number of rotatable bonds is 6. The van der Waals surface area contributed by atoms with E-state index < -0.39 is 11.5 Å². The third-order valence-electron chi connectivity index (χ3n) is 3.87. The van der Waals surface area contributed by atoms with Gasteiger partial charge in [-0.05, 0) is 31.5 Å². The number of halogens is 2. The van der Waals surface area contributed by atoms with E-state index in [-0.39, 0.29) is 17.1 Å². The number of H-pyrrole nitrogens is 1. The molecule has 0 aliphatic carbocycles. The zero-order valence-corrected chi connectivity index (χ0v) is 14.4. The van der Waals surface area contributed by atoms with Crippen LogP contribution in [-0.4, -0.2) is 32.6 Å². The normalized spacial score (nSPS) is 11.2. The van der Waals surface area contributed by atoms with Gasteiger partial charge in [0.2, 0.25) is 5.95 Å². The van der Waals surface area contributed by atoms with Gasteiger partial charge in [0.1, 0.15) is 11.3 Å². The van der Waals surface area contributed by atoms with Gasteiger partial charge in [-0.1, -0.05) is 17.7 Å². The lowest BCUT2D eigenvalue weighted by Crippen LogP contribution is -2.19. The number of hydrogen-bond donors (Lipinski definition) is 3. The van der Waals surface area contributed by atoms with E-state index in [1.54, 1.807) is 19.1 Å². The number of nitrogens with one attached hydrogen (secondary N) is 2. The first-order chi connectivity index (χ1) is 12.0. The van der Waals surface area contributed by atoms with Gasteiger partial charge in [-0.3, -0.25) is 4.57 Å². The summed E-state index contributed by atoms with van der Waals surface area (Å²) in [5.74, 6) is -0.0476. The molecule has 1 aromatic carbocycles. The molecule has 0 aliphatic heterocycles. The van der Waals surface area contributed by atoms with Crippen LogP contribution < -0.4 is 16.7 Å². The topological polar surface area (TPSA) is 102 Å². The molecule has 0 fully saturated rings. The van der Waals surface area contributed by atoms with Gasteiger partial charge in [-0.15, -0.1) is 0 Å². The Balaban J connectivity index is 2.01. The van der Waals surface area contributed by atoms with E-state index in [2.05, 4.69) is 20.3 Å². The van der Waals surface area contributed by atoms with Crippen molar-refractivity contribution in [2.75, 3.05) is 18.4 Å². The summed E-state index contributed by atoms with van der Waals surface area (Å²) in [7, 11) is 0. The zero-order chi connectivity index (χ0) is 18.0. The molecular weight excluding hydrogens is 347 g/mol. The van der Waals surface area contributed by atoms with Crippen molar-refractivity contribution < 1.29 is 4.39 Å². The lowest BCUT2D eigenvalue weighted by atomic mass is 10.1. The summed E-state index contributed by atoms with van der Waals surface area (Å²) in [4.78, 5) is 23.4. The van der Waals surface area contributed by atoms with E-state index in [0.717, 1.165) is 6.42 Å². The number of aromatic amines is 1. The molecule has 0 aliphatic rings.